The van der Waals surface area contributed by atoms with Gasteiger partial charge in [-0.3, -0.25) is 0 Å². The molecule has 0 aliphatic carbocycles. The van der Waals surface area contributed by atoms with Crippen LogP contribution in [0, 0.1) is 0 Å². The minimum atomic E-state index is -1.09. The standard InChI is InChI=1S/C15H14N2O4/c18-14(19)12-8-17(15(20)21)6-5-9(12)11-7-16-13-4-2-1-3-10(11)13/h1-4,7,16H,5-6,8H2,(H,18,19)(H,20,21). The lowest BCUT2D eigenvalue weighted by molar-refractivity contribution is -0.132. The zero-order valence-corrected chi connectivity index (χ0v) is 11.2. The first kappa shape index (κ1) is 13.2. The number of benzene rings is 1. The lowest BCUT2D eigenvalue weighted by Crippen LogP contribution is -2.37. The van der Waals surface area contributed by atoms with Crippen molar-refractivity contribution in [1.29, 1.82) is 0 Å². The average molecular weight is 286 g/mol. The summed E-state index contributed by atoms with van der Waals surface area (Å²) in [5.74, 6) is -1.07. The van der Waals surface area contributed by atoms with Crippen molar-refractivity contribution < 1.29 is 19.8 Å². The van der Waals surface area contributed by atoms with Gasteiger partial charge < -0.3 is 20.1 Å². The summed E-state index contributed by atoms with van der Waals surface area (Å²) in [6.45, 7) is 0.223. The first-order valence-corrected chi connectivity index (χ1v) is 6.57. The summed E-state index contributed by atoms with van der Waals surface area (Å²) in [5, 5.41) is 19.4. The average Bonchev–Trinajstić information content (AvgIpc) is 2.90. The van der Waals surface area contributed by atoms with Crippen LogP contribution in [0.25, 0.3) is 16.5 Å². The number of nitrogens with one attached hydrogen (secondary N) is 1. The van der Waals surface area contributed by atoms with Crippen molar-refractivity contribution in [2.45, 2.75) is 6.42 Å². The second-order valence-corrected chi connectivity index (χ2v) is 4.96. The minimum absolute atomic E-state index is 0.0838. The number of carboxylic acids is 1. The van der Waals surface area contributed by atoms with E-state index in [0.717, 1.165) is 21.4 Å². The molecule has 21 heavy (non-hydrogen) atoms. The van der Waals surface area contributed by atoms with Crippen LogP contribution in [0.3, 0.4) is 0 Å². The zero-order valence-electron chi connectivity index (χ0n) is 11.2. The molecule has 2 aromatic rings. The summed E-state index contributed by atoms with van der Waals surface area (Å²) in [7, 11) is 0. The van der Waals surface area contributed by atoms with E-state index in [2.05, 4.69) is 4.98 Å². The Labute approximate surface area is 120 Å². The van der Waals surface area contributed by atoms with Crippen LogP contribution in [0.2, 0.25) is 0 Å². The van der Waals surface area contributed by atoms with E-state index in [4.69, 9.17) is 5.11 Å². The molecule has 0 fully saturated rings. The van der Waals surface area contributed by atoms with Gasteiger partial charge in [-0.25, -0.2) is 9.59 Å². The molecule has 3 N–H and O–H groups in total. The molecule has 1 aliphatic rings. The Kier molecular flexibility index (Phi) is 3.13. The van der Waals surface area contributed by atoms with Gasteiger partial charge in [0.15, 0.2) is 0 Å². The molecule has 0 unspecified atom stereocenters. The number of aromatic amines is 1. The maximum absolute atomic E-state index is 11.5. The van der Waals surface area contributed by atoms with E-state index < -0.39 is 12.1 Å². The van der Waals surface area contributed by atoms with Crippen LogP contribution in [0.4, 0.5) is 4.79 Å². The molecule has 0 bridgehead atoms. The van der Waals surface area contributed by atoms with Gasteiger partial charge in [-0.15, -0.1) is 0 Å². The van der Waals surface area contributed by atoms with E-state index in [1.807, 2.05) is 24.3 Å². The van der Waals surface area contributed by atoms with Crippen molar-refractivity contribution in [3.63, 3.8) is 0 Å². The Morgan fingerprint density at radius 3 is 2.67 bits per heavy atom. The van der Waals surface area contributed by atoms with E-state index in [0.29, 0.717) is 18.5 Å². The summed E-state index contributed by atoms with van der Waals surface area (Å²) in [6, 6.07) is 7.65. The number of nitrogens with zero attached hydrogens (tertiary/aromatic N) is 1. The van der Waals surface area contributed by atoms with E-state index in [1.165, 1.54) is 0 Å². The molecule has 108 valence electrons. The van der Waals surface area contributed by atoms with Gasteiger partial charge >= 0.3 is 12.1 Å². The van der Waals surface area contributed by atoms with Gasteiger partial charge in [0.25, 0.3) is 0 Å². The molecule has 1 aromatic heterocycles. The predicted molar refractivity (Wildman–Crippen MR) is 77.1 cm³/mol. The molecule has 1 aliphatic heterocycles. The number of amides is 1. The number of hydrogen-bond donors (Lipinski definition) is 3. The van der Waals surface area contributed by atoms with Crippen LogP contribution in [-0.2, 0) is 4.79 Å². The molecule has 0 radical (unpaired) electrons. The summed E-state index contributed by atoms with van der Waals surface area (Å²) >= 11 is 0. The van der Waals surface area contributed by atoms with Crippen LogP contribution < -0.4 is 0 Å². The largest absolute Gasteiger partial charge is 0.478 e. The summed E-state index contributed by atoms with van der Waals surface area (Å²) < 4.78 is 0. The number of fused-ring (bicyclic) bond motifs is 1. The van der Waals surface area contributed by atoms with Crippen LogP contribution in [-0.4, -0.2) is 45.2 Å². The lowest BCUT2D eigenvalue weighted by atomic mass is 9.93. The fourth-order valence-electron chi connectivity index (χ4n) is 2.74. The summed E-state index contributed by atoms with van der Waals surface area (Å²) in [5.41, 5.74) is 2.63. The number of aliphatic carboxylic acids is 1. The maximum Gasteiger partial charge on any atom is 0.407 e. The third-order valence-corrected chi connectivity index (χ3v) is 3.79. The Hall–Kier alpha value is -2.76. The number of para-hydroxylation sites is 1. The second-order valence-electron chi connectivity index (χ2n) is 4.96. The molecule has 1 amide bonds. The smallest absolute Gasteiger partial charge is 0.407 e. The van der Waals surface area contributed by atoms with Gasteiger partial charge in [0.2, 0.25) is 0 Å². The van der Waals surface area contributed by atoms with Gasteiger partial charge in [0, 0.05) is 29.2 Å². The highest BCUT2D eigenvalue weighted by Crippen LogP contribution is 2.32. The third-order valence-electron chi connectivity index (χ3n) is 3.79. The van der Waals surface area contributed by atoms with Crippen LogP contribution in [0.1, 0.15) is 12.0 Å². The maximum atomic E-state index is 11.5. The highest BCUT2D eigenvalue weighted by molar-refractivity contribution is 6.03. The van der Waals surface area contributed by atoms with Crippen LogP contribution in [0.5, 0.6) is 0 Å². The van der Waals surface area contributed by atoms with Gasteiger partial charge in [-0.2, -0.15) is 0 Å². The highest BCUT2D eigenvalue weighted by atomic mass is 16.4. The number of H-pyrrole nitrogens is 1. The normalized spacial score (nSPS) is 15.5. The Morgan fingerprint density at radius 2 is 1.95 bits per heavy atom. The van der Waals surface area contributed by atoms with Crippen molar-refractivity contribution in [3.8, 4) is 0 Å². The monoisotopic (exact) mass is 286 g/mol. The van der Waals surface area contributed by atoms with Crippen molar-refractivity contribution in [1.82, 2.24) is 9.88 Å². The Morgan fingerprint density at radius 1 is 1.19 bits per heavy atom. The van der Waals surface area contributed by atoms with E-state index in [1.54, 1.807) is 6.20 Å². The number of aromatic nitrogens is 1. The minimum Gasteiger partial charge on any atom is -0.478 e. The SMILES string of the molecule is O=C(O)C1=C(c2c[nH]c3ccccc23)CCN(C(=O)O)C1. The van der Waals surface area contributed by atoms with Crippen molar-refractivity contribution in [3.05, 3.63) is 41.6 Å². The summed E-state index contributed by atoms with van der Waals surface area (Å²) in [4.78, 5) is 26.8. The summed E-state index contributed by atoms with van der Waals surface area (Å²) in [6.07, 6.45) is 1.10. The van der Waals surface area contributed by atoms with Gasteiger partial charge in [-0.1, -0.05) is 18.2 Å². The lowest BCUT2D eigenvalue weighted by Gasteiger charge is -2.27. The van der Waals surface area contributed by atoms with Crippen LogP contribution in [0.15, 0.2) is 36.0 Å². The fraction of sp³-hybridized carbons (Fsp3) is 0.200. The molecule has 0 saturated carbocycles. The van der Waals surface area contributed by atoms with Crippen molar-refractivity contribution >= 4 is 28.5 Å². The number of rotatable bonds is 2. The second kappa shape index (κ2) is 4.97. The fourth-order valence-corrected chi connectivity index (χ4v) is 2.74. The molecule has 0 spiro atoms. The third kappa shape index (κ3) is 2.24. The predicted octanol–water partition coefficient (Wildman–Crippen LogP) is 2.39. The zero-order chi connectivity index (χ0) is 15.0. The molecule has 2 heterocycles. The molecular formula is C15H14N2O4. The topological polar surface area (TPSA) is 93.6 Å². The Bertz CT molecular complexity index is 760. The molecular weight excluding hydrogens is 272 g/mol. The number of carboxylic acid groups (broad SMARTS) is 2. The molecule has 6 heteroatoms. The number of carbonyl (C=O) groups is 2. The molecule has 0 saturated heterocycles. The first-order valence-electron chi connectivity index (χ1n) is 6.57. The Balaban J connectivity index is 2.12. The van der Waals surface area contributed by atoms with E-state index in [-0.39, 0.29) is 12.1 Å². The van der Waals surface area contributed by atoms with Crippen molar-refractivity contribution in [2.24, 2.45) is 0 Å². The van der Waals surface area contributed by atoms with E-state index >= 15 is 0 Å². The molecule has 3 rings (SSSR count). The highest BCUT2D eigenvalue weighted by Gasteiger charge is 2.27. The molecule has 1 aromatic carbocycles. The number of hydrogen-bond acceptors (Lipinski definition) is 2. The van der Waals surface area contributed by atoms with Gasteiger partial charge in [-0.05, 0) is 18.1 Å². The van der Waals surface area contributed by atoms with Crippen molar-refractivity contribution in [2.75, 3.05) is 13.1 Å². The quantitative estimate of drug-likeness (QED) is 0.790. The molecule has 0 atom stereocenters. The molecule has 6 nitrogen and oxygen atoms in total. The van der Waals surface area contributed by atoms with Crippen LogP contribution >= 0.6 is 0 Å². The van der Waals surface area contributed by atoms with E-state index in [9.17, 15) is 14.7 Å². The first-order chi connectivity index (χ1) is 10.1. The van der Waals surface area contributed by atoms with Gasteiger partial charge in [0.1, 0.15) is 0 Å². The van der Waals surface area contributed by atoms with Gasteiger partial charge in [0.05, 0.1) is 12.1 Å².